The first kappa shape index (κ1) is 5.85. The van der Waals surface area contributed by atoms with Crippen LogP contribution in [0.4, 0.5) is 0 Å². The largest absolute Gasteiger partial charge is 0.346 e. The van der Waals surface area contributed by atoms with E-state index in [1.165, 1.54) is 0 Å². The zero-order valence-electron chi connectivity index (χ0n) is 5.47. The van der Waals surface area contributed by atoms with Crippen molar-refractivity contribution in [2.75, 3.05) is 0 Å². The summed E-state index contributed by atoms with van der Waals surface area (Å²) in [7, 11) is 0. The van der Waals surface area contributed by atoms with Gasteiger partial charge in [0.05, 0.1) is 16.4 Å². The summed E-state index contributed by atoms with van der Waals surface area (Å²) in [5.41, 5.74) is 0.627. The Morgan fingerprint density at radius 1 is 1.70 bits per heavy atom. The Labute approximate surface area is 62.1 Å². The molecule has 3 nitrogen and oxygen atoms in total. The molecule has 2 heterocycles. The van der Waals surface area contributed by atoms with Crippen molar-refractivity contribution in [1.82, 2.24) is 10.3 Å². The molecule has 1 aliphatic heterocycles. The fourth-order valence-corrected chi connectivity index (χ4v) is 1.88. The Balaban J connectivity index is 2.59. The molecule has 1 aliphatic rings. The van der Waals surface area contributed by atoms with Crippen LogP contribution >= 0.6 is 11.3 Å². The topological polar surface area (TPSA) is 42.0 Å². The summed E-state index contributed by atoms with van der Waals surface area (Å²) in [5.74, 6) is -0.0284. The third-order valence-corrected chi connectivity index (χ3v) is 2.40. The van der Waals surface area contributed by atoms with Crippen LogP contribution in [0.15, 0.2) is 0 Å². The van der Waals surface area contributed by atoms with Gasteiger partial charge in [-0.3, -0.25) is 4.79 Å². The van der Waals surface area contributed by atoms with E-state index in [9.17, 15) is 4.79 Å². The molecule has 0 aromatic carbocycles. The summed E-state index contributed by atoms with van der Waals surface area (Å²) in [6, 6.07) is 0. The van der Waals surface area contributed by atoms with Crippen LogP contribution in [0.2, 0.25) is 0 Å². The van der Waals surface area contributed by atoms with Crippen molar-refractivity contribution in [2.45, 2.75) is 13.5 Å². The first-order chi connectivity index (χ1) is 4.77. The van der Waals surface area contributed by atoms with Crippen LogP contribution < -0.4 is 5.32 Å². The second-order valence-electron chi connectivity index (χ2n) is 2.19. The van der Waals surface area contributed by atoms with E-state index in [4.69, 9.17) is 0 Å². The van der Waals surface area contributed by atoms with Gasteiger partial charge in [0.1, 0.15) is 5.69 Å². The SMILES string of the molecule is Cc1nc2c(s1)CNC2=O. The van der Waals surface area contributed by atoms with Gasteiger partial charge in [-0.1, -0.05) is 0 Å². The molecule has 1 aromatic heterocycles. The number of thiazole rings is 1. The highest BCUT2D eigenvalue weighted by atomic mass is 32.1. The summed E-state index contributed by atoms with van der Waals surface area (Å²) >= 11 is 1.59. The first-order valence-corrected chi connectivity index (χ1v) is 3.83. The van der Waals surface area contributed by atoms with Crippen molar-refractivity contribution in [3.63, 3.8) is 0 Å². The zero-order valence-corrected chi connectivity index (χ0v) is 6.29. The average molecular weight is 154 g/mol. The number of hydrogen-bond donors (Lipinski definition) is 1. The maximum absolute atomic E-state index is 10.9. The van der Waals surface area contributed by atoms with Gasteiger partial charge in [0, 0.05) is 0 Å². The molecule has 0 spiro atoms. The van der Waals surface area contributed by atoms with Crippen LogP contribution in [0.25, 0.3) is 0 Å². The molecule has 0 radical (unpaired) electrons. The van der Waals surface area contributed by atoms with Crippen LogP contribution in [0, 0.1) is 6.92 Å². The minimum Gasteiger partial charge on any atom is -0.346 e. The quantitative estimate of drug-likeness (QED) is 0.597. The second-order valence-corrected chi connectivity index (χ2v) is 3.48. The van der Waals surface area contributed by atoms with E-state index in [-0.39, 0.29) is 5.91 Å². The third kappa shape index (κ3) is 0.654. The van der Waals surface area contributed by atoms with Crippen LogP contribution in [-0.4, -0.2) is 10.9 Å². The molecule has 0 atom stereocenters. The van der Waals surface area contributed by atoms with Gasteiger partial charge in [-0.05, 0) is 6.92 Å². The predicted octanol–water partition coefficient (Wildman–Crippen LogP) is 0.695. The number of fused-ring (bicyclic) bond motifs is 1. The molecular formula is C6H6N2OS. The van der Waals surface area contributed by atoms with Crippen molar-refractivity contribution in [3.8, 4) is 0 Å². The predicted molar refractivity (Wildman–Crippen MR) is 38.0 cm³/mol. The van der Waals surface area contributed by atoms with Crippen molar-refractivity contribution in [1.29, 1.82) is 0 Å². The molecule has 52 valence electrons. The van der Waals surface area contributed by atoms with Crippen LogP contribution in [0.5, 0.6) is 0 Å². The van der Waals surface area contributed by atoms with E-state index in [0.717, 1.165) is 9.88 Å². The lowest BCUT2D eigenvalue weighted by Gasteiger charge is -1.86. The lowest BCUT2D eigenvalue weighted by atomic mass is 10.4. The van der Waals surface area contributed by atoms with Crippen molar-refractivity contribution in [2.24, 2.45) is 0 Å². The standard InChI is InChI=1S/C6H6N2OS/c1-3-8-5-4(10-3)2-7-6(5)9/h2H2,1H3,(H,7,9). The molecular weight excluding hydrogens is 148 g/mol. The Kier molecular flexibility index (Phi) is 1.05. The minimum absolute atomic E-state index is 0.0284. The van der Waals surface area contributed by atoms with E-state index >= 15 is 0 Å². The highest BCUT2D eigenvalue weighted by Gasteiger charge is 2.22. The number of carbonyl (C=O) groups excluding carboxylic acids is 1. The maximum Gasteiger partial charge on any atom is 0.271 e. The van der Waals surface area contributed by atoms with Gasteiger partial charge in [-0.15, -0.1) is 11.3 Å². The number of aryl methyl sites for hydroxylation is 1. The zero-order chi connectivity index (χ0) is 7.14. The fourth-order valence-electron chi connectivity index (χ4n) is 1.01. The number of amides is 1. The summed E-state index contributed by atoms with van der Waals surface area (Å²) in [4.78, 5) is 16.1. The Morgan fingerprint density at radius 2 is 2.50 bits per heavy atom. The van der Waals surface area contributed by atoms with Gasteiger partial charge in [0.2, 0.25) is 0 Å². The molecule has 1 N–H and O–H groups in total. The Bertz CT molecular complexity index is 292. The number of rotatable bonds is 0. The van der Waals surface area contributed by atoms with Gasteiger partial charge < -0.3 is 5.32 Å². The van der Waals surface area contributed by atoms with Crippen molar-refractivity contribution >= 4 is 17.2 Å². The summed E-state index contributed by atoms with van der Waals surface area (Å²) < 4.78 is 0. The first-order valence-electron chi connectivity index (χ1n) is 3.02. The molecule has 2 rings (SSSR count). The van der Waals surface area contributed by atoms with Crippen LogP contribution in [-0.2, 0) is 6.54 Å². The Morgan fingerprint density at radius 3 is 3.20 bits per heavy atom. The van der Waals surface area contributed by atoms with E-state index in [1.54, 1.807) is 11.3 Å². The third-order valence-electron chi connectivity index (χ3n) is 1.43. The van der Waals surface area contributed by atoms with E-state index in [1.807, 2.05) is 6.92 Å². The van der Waals surface area contributed by atoms with Gasteiger partial charge >= 0.3 is 0 Å². The molecule has 0 bridgehead atoms. The minimum atomic E-state index is -0.0284. The lowest BCUT2D eigenvalue weighted by Crippen LogP contribution is -2.13. The molecule has 10 heavy (non-hydrogen) atoms. The molecule has 1 aromatic rings. The monoisotopic (exact) mass is 154 g/mol. The molecule has 0 saturated carbocycles. The molecule has 0 unspecified atom stereocenters. The van der Waals surface area contributed by atoms with E-state index in [2.05, 4.69) is 10.3 Å². The van der Waals surface area contributed by atoms with Crippen molar-refractivity contribution in [3.05, 3.63) is 15.6 Å². The second kappa shape index (κ2) is 1.79. The van der Waals surface area contributed by atoms with Crippen molar-refractivity contribution < 1.29 is 4.79 Å². The summed E-state index contributed by atoms with van der Waals surface area (Å²) in [5, 5.41) is 3.67. The number of hydrogen-bond acceptors (Lipinski definition) is 3. The summed E-state index contributed by atoms with van der Waals surface area (Å²) in [6.07, 6.45) is 0. The van der Waals surface area contributed by atoms with Crippen LogP contribution in [0.3, 0.4) is 0 Å². The number of nitrogens with zero attached hydrogens (tertiary/aromatic N) is 1. The lowest BCUT2D eigenvalue weighted by molar-refractivity contribution is 0.0961. The smallest absolute Gasteiger partial charge is 0.271 e. The number of carbonyl (C=O) groups is 1. The normalized spacial score (nSPS) is 15.1. The molecule has 1 amide bonds. The highest BCUT2D eigenvalue weighted by Crippen LogP contribution is 2.21. The molecule has 0 aliphatic carbocycles. The van der Waals surface area contributed by atoms with E-state index < -0.39 is 0 Å². The van der Waals surface area contributed by atoms with E-state index in [0.29, 0.717) is 12.2 Å². The van der Waals surface area contributed by atoms with Gasteiger partial charge in [0.15, 0.2) is 0 Å². The fraction of sp³-hybridized carbons (Fsp3) is 0.333. The molecule has 0 fully saturated rings. The Hall–Kier alpha value is -0.900. The van der Waals surface area contributed by atoms with Gasteiger partial charge in [-0.2, -0.15) is 0 Å². The average Bonchev–Trinajstić information content (AvgIpc) is 2.35. The molecule has 0 saturated heterocycles. The van der Waals surface area contributed by atoms with Gasteiger partial charge in [-0.25, -0.2) is 4.98 Å². The van der Waals surface area contributed by atoms with Gasteiger partial charge in [0.25, 0.3) is 5.91 Å². The number of aromatic nitrogens is 1. The highest BCUT2D eigenvalue weighted by molar-refractivity contribution is 7.12. The summed E-state index contributed by atoms with van der Waals surface area (Å²) in [6.45, 7) is 2.58. The maximum atomic E-state index is 10.9. The molecule has 4 heteroatoms. The van der Waals surface area contributed by atoms with Crippen LogP contribution in [0.1, 0.15) is 20.4 Å². The number of nitrogens with one attached hydrogen (secondary N) is 1.